The second-order valence-electron chi connectivity index (χ2n) is 7.02. The first kappa shape index (κ1) is 15.5. The summed E-state index contributed by atoms with van der Waals surface area (Å²) in [6, 6.07) is 2.22. The number of piperidine rings is 1. The summed E-state index contributed by atoms with van der Waals surface area (Å²) in [7, 11) is 0. The molecule has 1 saturated heterocycles. The predicted molar refractivity (Wildman–Crippen MR) is 87.6 cm³/mol. The van der Waals surface area contributed by atoms with Crippen molar-refractivity contribution in [1.29, 1.82) is 0 Å². The fraction of sp³-hybridized carbons (Fsp3) is 0.667. The van der Waals surface area contributed by atoms with Crippen LogP contribution in [-0.2, 0) is 24.2 Å². The van der Waals surface area contributed by atoms with Crippen LogP contribution in [0.4, 0.5) is 0 Å². The Balaban J connectivity index is 1.60. The van der Waals surface area contributed by atoms with E-state index in [-0.39, 0.29) is 11.3 Å². The van der Waals surface area contributed by atoms with Gasteiger partial charge in [-0.15, -0.1) is 0 Å². The van der Waals surface area contributed by atoms with Crippen molar-refractivity contribution in [3.63, 3.8) is 0 Å². The SMILES string of the molecule is CCN1CCCC(C)(C(=O)NCc2cnc3c(c2)CCC3)C1. The van der Waals surface area contributed by atoms with E-state index in [4.69, 9.17) is 0 Å². The highest BCUT2D eigenvalue weighted by molar-refractivity contribution is 5.82. The fourth-order valence-corrected chi connectivity index (χ4v) is 3.77. The number of fused-ring (bicyclic) bond motifs is 1. The van der Waals surface area contributed by atoms with Crippen LogP contribution in [0.1, 0.15) is 49.9 Å². The van der Waals surface area contributed by atoms with Gasteiger partial charge in [-0.05, 0) is 63.2 Å². The molecule has 1 aromatic rings. The Bertz CT molecular complexity index is 557. The molecule has 22 heavy (non-hydrogen) atoms. The quantitative estimate of drug-likeness (QED) is 0.928. The van der Waals surface area contributed by atoms with Crippen LogP contribution in [0, 0.1) is 5.41 Å². The van der Waals surface area contributed by atoms with Crippen LogP contribution >= 0.6 is 0 Å². The first-order valence-electron chi connectivity index (χ1n) is 8.58. The molecule has 0 spiro atoms. The van der Waals surface area contributed by atoms with Crippen molar-refractivity contribution >= 4 is 5.91 Å². The van der Waals surface area contributed by atoms with E-state index in [0.29, 0.717) is 6.54 Å². The third kappa shape index (κ3) is 3.17. The minimum atomic E-state index is -0.252. The summed E-state index contributed by atoms with van der Waals surface area (Å²) >= 11 is 0. The molecule has 2 aliphatic rings. The molecule has 1 fully saturated rings. The summed E-state index contributed by atoms with van der Waals surface area (Å²) in [6.07, 6.45) is 7.46. The smallest absolute Gasteiger partial charge is 0.227 e. The van der Waals surface area contributed by atoms with Gasteiger partial charge in [-0.3, -0.25) is 9.78 Å². The number of aryl methyl sites for hydroxylation is 2. The van der Waals surface area contributed by atoms with Gasteiger partial charge in [0.2, 0.25) is 5.91 Å². The Hall–Kier alpha value is -1.42. The van der Waals surface area contributed by atoms with Gasteiger partial charge in [-0.2, -0.15) is 0 Å². The number of nitrogens with zero attached hydrogens (tertiary/aromatic N) is 2. The molecule has 1 atom stereocenters. The van der Waals surface area contributed by atoms with E-state index in [0.717, 1.165) is 50.9 Å². The first-order chi connectivity index (χ1) is 10.6. The monoisotopic (exact) mass is 301 g/mol. The topological polar surface area (TPSA) is 45.2 Å². The lowest BCUT2D eigenvalue weighted by Crippen LogP contribution is -2.50. The Kier molecular flexibility index (Phi) is 4.48. The number of carbonyl (C=O) groups is 1. The molecule has 2 heterocycles. The van der Waals surface area contributed by atoms with Gasteiger partial charge >= 0.3 is 0 Å². The van der Waals surface area contributed by atoms with Crippen molar-refractivity contribution in [3.05, 3.63) is 29.1 Å². The molecule has 4 heteroatoms. The molecule has 0 aromatic carbocycles. The summed E-state index contributed by atoms with van der Waals surface area (Å²) < 4.78 is 0. The van der Waals surface area contributed by atoms with E-state index in [1.54, 1.807) is 0 Å². The first-order valence-corrected chi connectivity index (χ1v) is 8.58. The number of rotatable bonds is 4. The number of hydrogen-bond donors (Lipinski definition) is 1. The van der Waals surface area contributed by atoms with Crippen molar-refractivity contribution in [2.45, 2.75) is 52.5 Å². The molecule has 1 aliphatic heterocycles. The van der Waals surface area contributed by atoms with Crippen molar-refractivity contribution < 1.29 is 4.79 Å². The maximum atomic E-state index is 12.6. The average Bonchev–Trinajstić information content (AvgIpc) is 3.00. The van der Waals surface area contributed by atoms with Crippen LogP contribution in [0.25, 0.3) is 0 Å². The number of aromatic nitrogens is 1. The number of carbonyl (C=O) groups excluding carboxylic acids is 1. The van der Waals surface area contributed by atoms with Crippen LogP contribution in [0.5, 0.6) is 0 Å². The Morgan fingerprint density at radius 3 is 3.09 bits per heavy atom. The summed E-state index contributed by atoms with van der Waals surface area (Å²) in [5.41, 5.74) is 3.49. The van der Waals surface area contributed by atoms with Crippen LogP contribution in [-0.4, -0.2) is 35.4 Å². The third-order valence-electron chi connectivity index (χ3n) is 5.20. The summed E-state index contributed by atoms with van der Waals surface area (Å²) in [4.78, 5) is 19.5. The largest absolute Gasteiger partial charge is 0.351 e. The highest BCUT2D eigenvalue weighted by Crippen LogP contribution is 2.29. The lowest BCUT2D eigenvalue weighted by molar-refractivity contribution is -0.133. The van der Waals surface area contributed by atoms with Crippen molar-refractivity contribution in [2.24, 2.45) is 5.41 Å². The van der Waals surface area contributed by atoms with E-state index >= 15 is 0 Å². The Morgan fingerprint density at radius 2 is 2.27 bits per heavy atom. The molecule has 1 unspecified atom stereocenters. The van der Waals surface area contributed by atoms with E-state index in [9.17, 15) is 4.79 Å². The summed E-state index contributed by atoms with van der Waals surface area (Å²) in [5.74, 6) is 0.186. The zero-order valence-corrected chi connectivity index (χ0v) is 13.8. The van der Waals surface area contributed by atoms with Gasteiger partial charge in [0.1, 0.15) is 0 Å². The van der Waals surface area contributed by atoms with Gasteiger partial charge in [-0.1, -0.05) is 13.0 Å². The van der Waals surface area contributed by atoms with Gasteiger partial charge in [0.05, 0.1) is 5.41 Å². The summed E-state index contributed by atoms with van der Waals surface area (Å²) in [5, 5.41) is 3.14. The van der Waals surface area contributed by atoms with E-state index in [2.05, 4.69) is 35.1 Å². The standard InChI is InChI=1S/C18H27N3O/c1-3-21-9-5-8-18(2,13-21)17(22)20-12-14-10-15-6-4-7-16(15)19-11-14/h10-11H,3-9,12-13H2,1-2H3,(H,20,22). The Labute approximate surface area is 133 Å². The number of amides is 1. The molecule has 1 N–H and O–H groups in total. The number of likely N-dealkylation sites (tertiary alicyclic amines) is 1. The van der Waals surface area contributed by atoms with Crippen molar-refractivity contribution in [3.8, 4) is 0 Å². The molecule has 120 valence electrons. The minimum Gasteiger partial charge on any atom is -0.351 e. The number of pyridine rings is 1. The maximum absolute atomic E-state index is 12.6. The van der Waals surface area contributed by atoms with Crippen LogP contribution in [0.2, 0.25) is 0 Å². The molecule has 1 aromatic heterocycles. The highest BCUT2D eigenvalue weighted by Gasteiger charge is 2.37. The zero-order valence-electron chi connectivity index (χ0n) is 13.8. The fourth-order valence-electron chi connectivity index (χ4n) is 3.77. The van der Waals surface area contributed by atoms with Crippen LogP contribution in [0.15, 0.2) is 12.3 Å². The van der Waals surface area contributed by atoms with E-state index < -0.39 is 0 Å². The molecule has 3 rings (SSSR count). The van der Waals surface area contributed by atoms with Gasteiger partial charge in [-0.25, -0.2) is 0 Å². The maximum Gasteiger partial charge on any atom is 0.227 e. The lowest BCUT2D eigenvalue weighted by atomic mass is 9.81. The van der Waals surface area contributed by atoms with Crippen molar-refractivity contribution in [1.82, 2.24) is 15.2 Å². The number of nitrogens with one attached hydrogen (secondary N) is 1. The third-order valence-corrected chi connectivity index (χ3v) is 5.20. The van der Waals surface area contributed by atoms with Crippen LogP contribution in [0.3, 0.4) is 0 Å². The summed E-state index contributed by atoms with van der Waals surface area (Å²) in [6.45, 7) is 7.88. The predicted octanol–water partition coefficient (Wildman–Crippen LogP) is 2.31. The number of hydrogen-bond acceptors (Lipinski definition) is 3. The van der Waals surface area contributed by atoms with Gasteiger partial charge < -0.3 is 10.2 Å². The molecule has 1 aliphatic carbocycles. The average molecular weight is 301 g/mol. The molecule has 0 radical (unpaired) electrons. The van der Waals surface area contributed by atoms with Crippen molar-refractivity contribution in [2.75, 3.05) is 19.6 Å². The normalized spacial score (nSPS) is 25.0. The molecule has 1 amide bonds. The van der Waals surface area contributed by atoms with Crippen LogP contribution < -0.4 is 5.32 Å². The molecule has 4 nitrogen and oxygen atoms in total. The Morgan fingerprint density at radius 1 is 1.41 bits per heavy atom. The molecule has 0 bridgehead atoms. The second-order valence-corrected chi connectivity index (χ2v) is 7.02. The zero-order chi connectivity index (χ0) is 15.6. The molecule has 0 saturated carbocycles. The molecular formula is C18H27N3O. The second kappa shape index (κ2) is 6.37. The lowest BCUT2D eigenvalue weighted by Gasteiger charge is -2.38. The minimum absolute atomic E-state index is 0.186. The van der Waals surface area contributed by atoms with Gasteiger partial charge in [0, 0.05) is 25.0 Å². The highest BCUT2D eigenvalue weighted by atomic mass is 16.2. The van der Waals surface area contributed by atoms with Gasteiger partial charge in [0.15, 0.2) is 0 Å². The van der Waals surface area contributed by atoms with Gasteiger partial charge in [0.25, 0.3) is 0 Å². The van der Waals surface area contributed by atoms with E-state index in [1.807, 2.05) is 6.20 Å². The van der Waals surface area contributed by atoms with E-state index in [1.165, 1.54) is 17.7 Å². The molecular weight excluding hydrogens is 274 g/mol.